The van der Waals surface area contributed by atoms with E-state index < -0.39 is 0 Å². The number of carbonyl (C=O) groups is 1. The average Bonchev–Trinajstić information content (AvgIpc) is 1.99. The summed E-state index contributed by atoms with van der Waals surface area (Å²) in [6.07, 6.45) is 3.45. The quantitative estimate of drug-likeness (QED) is 0.468. The van der Waals surface area contributed by atoms with Crippen molar-refractivity contribution in [2.45, 2.75) is 6.92 Å². The number of esters is 1. The standard InChI is InChI=1S/C8H12O2S/c1-3-5-6-11-7-8(9)10-4-2/h3,5-6H,1,4,7H2,2H3/b6-5-. The van der Waals surface area contributed by atoms with Crippen LogP contribution in [-0.4, -0.2) is 18.3 Å². The van der Waals surface area contributed by atoms with Crippen LogP contribution in [0.25, 0.3) is 0 Å². The van der Waals surface area contributed by atoms with Gasteiger partial charge in [-0.1, -0.05) is 18.7 Å². The number of thioether (sulfide) groups is 1. The van der Waals surface area contributed by atoms with Crippen molar-refractivity contribution in [3.05, 3.63) is 24.1 Å². The third kappa shape index (κ3) is 7.19. The molecule has 2 nitrogen and oxygen atoms in total. The van der Waals surface area contributed by atoms with Crippen LogP contribution in [0.5, 0.6) is 0 Å². The topological polar surface area (TPSA) is 26.3 Å². The summed E-state index contributed by atoms with van der Waals surface area (Å²) >= 11 is 1.40. The lowest BCUT2D eigenvalue weighted by atomic mass is 10.6. The van der Waals surface area contributed by atoms with E-state index in [-0.39, 0.29) is 5.97 Å². The molecule has 0 spiro atoms. The Labute approximate surface area is 71.3 Å². The van der Waals surface area contributed by atoms with Gasteiger partial charge < -0.3 is 4.74 Å². The lowest BCUT2D eigenvalue weighted by Crippen LogP contribution is -2.05. The summed E-state index contributed by atoms with van der Waals surface area (Å²) in [4.78, 5) is 10.7. The fourth-order valence-electron chi connectivity index (χ4n) is 0.430. The van der Waals surface area contributed by atoms with Gasteiger partial charge in [0.1, 0.15) is 0 Å². The molecule has 0 amide bonds. The third-order valence-corrected chi connectivity index (χ3v) is 1.57. The Kier molecular flexibility index (Phi) is 6.94. The fraction of sp³-hybridized carbons (Fsp3) is 0.375. The van der Waals surface area contributed by atoms with Crippen molar-refractivity contribution < 1.29 is 9.53 Å². The minimum absolute atomic E-state index is 0.175. The van der Waals surface area contributed by atoms with E-state index in [1.54, 1.807) is 19.1 Å². The van der Waals surface area contributed by atoms with E-state index in [1.165, 1.54) is 11.8 Å². The molecule has 0 saturated heterocycles. The molecule has 62 valence electrons. The Morgan fingerprint density at radius 2 is 2.45 bits per heavy atom. The van der Waals surface area contributed by atoms with Gasteiger partial charge in [-0.05, 0) is 12.3 Å². The van der Waals surface area contributed by atoms with Gasteiger partial charge in [0.25, 0.3) is 0 Å². The highest BCUT2D eigenvalue weighted by atomic mass is 32.2. The maximum Gasteiger partial charge on any atom is 0.316 e. The summed E-state index contributed by atoms with van der Waals surface area (Å²) in [5.74, 6) is 0.198. The first-order valence-corrected chi connectivity index (χ1v) is 4.41. The molecule has 0 aromatic carbocycles. The van der Waals surface area contributed by atoms with Crippen molar-refractivity contribution >= 4 is 17.7 Å². The second kappa shape index (κ2) is 7.41. The Morgan fingerprint density at radius 3 is 3.00 bits per heavy atom. The zero-order valence-corrected chi connectivity index (χ0v) is 7.39. The predicted molar refractivity (Wildman–Crippen MR) is 48.4 cm³/mol. The Morgan fingerprint density at radius 1 is 1.73 bits per heavy atom. The van der Waals surface area contributed by atoms with Gasteiger partial charge in [0.15, 0.2) is 0 Å². The largest absolute Gasteiger partial charge is 0.465 e. The minimum Gasteiger partial charge on any atom is -0.465 e. The lowest BCUT2D eigenvalue weighted by molar-refractivity contribution is -0.139. The molecular weight excluding hydrogens is 160 g/mol. The van der Waals surface area contributed by atoms with Crippen LogP contribution in [0, 0.1) is 0 Å². The summed E-state index contributed by atoms with van der Waals surface area (Å²) in [5, 5.41) is 1.81. The first-order valence-electron chi connectivity index (χ1n) is 3.36. The van der Waals surface area contributed by atoms with Crippen LogP contribution < -0.4 is 0 Å². The number of ether oxygens (including phenoxy) is 1. The van der Waals surface area contributed by atoms with E-state index in [2.05, 4.69) is 6.58 Å². The summed E-state index contributed by atoms with van der Waals surface area (Å²) in [7, 11) is 0. The van der Waals surface area contributed by atoms with Crippen molar-refractivity contribution in [1.29, 1.82) is 0 Å². The van der Waals surface area contributed by atoms with Gasteiger partial charge in [-0.3, -0.25) is 4.79 Å². The smallest absolute Gasteiger partial charge is 0.316 e. The van der Waals surface area contributed by atoms with Crippen LogP contribution in [0.1, 0.15) is 6.92 Å². The Bertz CT molecular complexity index is 152. The van der Waals surface area contributed by atoms with Crippen molar-refractivity contribution in [3.63, 3.8) is 0 Å². The average molecular weight is 172 g/mol. The molecule has 0 aromatic rings. The van der Waals surface area contributed by atoms with Crippen LogP contribution in [0.3, 0.4) is 0 Å². The molecule has 0 aromatic heterocycles. The molecule has 0 aliphatic heterocycles. The molecule has 0 radical (unpaired) electrons. The highest BCUT2D eigenvalue weighted by Gasteiger charge is 1.97. The summed E-state index contributed by atoms with van der Waals surface area (Å²) < 4.78 is 4.70. The van der Waals surface area contributed by atoms with Crippen LogP contribution >= 0.6 is 11.8 Å². The molecular formula is C8H12O2S. The van der Waals surface area contributed by atoms with Crippen molar-refractivity contribution in [2.75, 3.05) is 12.4 Å². The molecule has 0 fully saturated rings. The molecule has 0 aliphatic rings. The predicted octanol–water partition coefficient (Wildman–Crippen LogP) is 1.98. The number of hydrogen-bond donors (Lipinski definition) is 0. The molecule has 0 rings (SSSR count). The first-order chi connectivity index (χ1) is 5.31. The maximum absolute atomic E-state index is 10.7. The minimum atomic E-state index is -0.175. The monoisotopic (exact) mass is 172 g/mol. The molecule has 11 heavy (non-hydrogen) atoms. The number of allylic oxidation sites excluding steroid dienone is 2. The summed E-state index contributed by atoms with van der Waals surface area (Å²) in [6, 6.07) is 0. The molecule has 0 aliphatic carbocycles. The van der Waals surface area contributed by atoms with Gasteiger partial charge in [0.2, 0.25) is 0 Å². The molecule has 0 N–H and O–H groups in total. The highest BCUT2D eigenvalue weighted by molar-refractivity contribution is 8.02. The van der Waals surface area contributed by atoms with E-state index in [0.29, 0.717) is 12.4 Å². The van der Waals surface area contributed by atoms with E-state index in [0.717, 1.165) is 0 Å². The normalized spacial score (nSPS) is 9.91. The van der Waals surface area contributed by atoms with Crippen LogP contribution in [0.4, 0.5) is 0 Å². The Balaban J connectivity index is 3.30. The molecule has 0 atom stereocenters. The van der Waals surface area contributed by atoms with Crippen LogP contribution in [0.15, 0.2) is 24.1 Å². The van der Waals surface area contributed by atoms with E-state index in [1.807, 2.05) is 5.41 Å². The third-order valence-electron chi connectivity index (χ3n) is 0.817. The second-order valence-electron chi connectivity index (χ2n) is 1.68. The second-order valence-corrected chi connectivity index (χ2v) is 2.57. The summed E-state index contributed by atoms with van der Waals surface area (Å²) in [5.41, 5.74) is 0. The maximum atomic E-state index is 10.7. The van der Waals surface area contributed by atoms with E-state index in [4.69, 9.17) is 4.74 Å². The lowest BCUT2D eigenvalue weighted by Gasteiger charge is -1.97. The summed E-state index contributed by atoms with van der Waals surface area (Å²) in [6.45, 7) is 5.74. The number of hydrogen-bond acceptors (Lipinski definition) is 3. The van der Waals surface area contributed by atoms with Gasteiger partial charge in [-0.25, -0.2) is 0 Å². The van der Waals surface area contributed by atoms with Gasteiger partial charge >= 0.3 is 5.97 Å². The molecule has 0 unspecified atom stereocenters. The SMILES string of the molecule is C=C/C=C\SCC(=O)OCC. The van der Waals surface area contributed by atoms with Crippen LogP contribution in [-0.2, 0) is 9.53 Å². The van der Waals surface area contributed by atoms with E-state index in [9.17, 15) is 4.79 Å². The van der Waals surface area contributed by atoms with Gasteiger partial charge in [0.05, 0.1) is 12.4 Å². The zero-order chi connectivity index (χ0) is 8.53. The number of rotatable bonds is 5. The Hall–Kier alpha value is -0.700. The highest BCUT2D eigenvalue weighted by Crippen LogP contribution is 2.01. The van der Waals surface area contributed by atoms with E-state index >= 15 is 0 Å². The van der Waals surface area contributed by atoms with Gasteiger partial charge in [-0.15, -0.1) is 11.8 Å². The van der Waals surface area contributed by atoms with Crippen LogP contribution in [0.2, 0.25) is 0 Å². The first kappa shape index (κ1) is 10.3. The molecule has 0 saturated carbocycles. The zero-order valence-electron chi connectivity index (χ0n) is 6.58. The molecule has 3 heteroatoms. The fourth-order valence-corrected chi connectivity index (χ4v) is 0.968. The van der Waals surface area contributed by atoms with Crippen molar-refractivity contribution in [1.82, 2.24) is 0 Å². The van der Waals surface area contributed by atoms with Crippen molar-refractivity contribution in [2.24, 2.45) is 0 Å². The van der Waals surface area contributed by atoms with Crippen molar-refractivity contribution in [3.8, 4) is 0 Å². The molecule has 0 heterocycles. The van der Waals surface area contributed by atoms with Gasteiger partial charge in [0, 0.05) is 0 Å². The van der Waals surface area contributed by atoms with Gasteiger partial charge in [-0.2, -0.15) is 0 Å². The molecule has 0 bridgehead atoms. The number of carbonyl (C=O) groups excluding carboxylic acids is 1.